The fraction of sp³-hybridized carbons (Fsp3) is 0.400. The SMILES string of the molecule is Cc1nn(-c2ccccc2)c2sc(C(=O)N(C)CC3CCN(C)C3)cc12. The number of carbonyl (C=O) groups is 1. The molecule has 5 nitrogen and oxygen atoms in total. The summed E-state index contributed by atoms with van der Waals surface area (Å²) in [5, 5.41) is 5.72. The van der Waals surface area contributed by atoms with Gasteiger partial charge in [-0.05, 0) is 51.1 Å². The van der Waals surface area contributed by atoms with E-state index in [2.05, 4.69) is 17.0 Å². The second-order valence-corrected chi connectivity index (χ2v) is 8.30. The Morgan fingerprint density at radius 2 is 2.12 bits per heavy atom. The Kier molecular flexibility index (Phi) is 4.54. The number of amides is 1. The number of aryl methyl sites for hydroxylation is 1. The van der Waals surface area contributed by atoms with Gasteiger partial charge in [0.15, 0.2) is 0 Å². The van der Waals surface area contributed by atoms with Crippen molar-refractivity contribution in [3.05, 3.63) is 47.0 Å². The fourth-order valence-electron chi connectivity index (χ4n) is 3.73. The van der Waals surface area contributed by atoms with Crippen molar-refractivity contribution in [2.45, 2.75) is 13.3 Å². The van der Waals surface area contributed by atoms with Gasteiger partial charge in [-0.15, -0.1) is 11.3 Å². The van der Waals surface area contributed by atoms with Crippen LogP contribution in [0.25, 0.3) is 15.9 Å². The second kappa shape index (κ2) is 6.85. The van der Waals surface area contributed by atoms with Crippen LogP contribution in [-0.4, -0.2) is 59.2 Å². The molecule has 0 spiro atoms. The molecule has 3 aromatic rings. The zero-order chi connectivity index (χ0) is 18.3. The molecule has 1 fully saturated rings. The number of benzene rings is 1. The minimum absolute atomic E-state index is 0.111. The minimum Gasteiger partial charge on any atom is -0.341 e. The van der Waals surface area contributed by atoms with Crippen LogP contribution < -0.4 is 0 Å². The number of para-hydroxylation sites is 1. The molecule has 1 aliphatic heterocycles. The Bertz CT molecular complexity index is 930. The van der Waals surface area contributed by atoms with Crippen molar-refractivity contribution in [2.75, 3.05) is 33.7 Å². The highest BCUT2D eigenvalue weighted by Crippen LogP contribution is 2.31. The lowest BCUT2D eigenvalue weighted by Gasteiger charge is -2.20. The fourth-order valence-corrected chi connectivity index (χ4v) is 4.91. The average molecular weight is 369 g/mol. The van der Waals surface area contributed by atoms with Crippen molar-refractivity contribution >= 4 is 27.5 Å². The van der Waals surface area contributed by atoms with Crippen molar-refractivity contribution in [3.8, 4) is 5.69 Å². The molecule has 0 saturated carbocycles. The van der Waals surface area contributed by atoms with Gasteiger partial charge < -0.3 is 9.80 Å². The molecule has 4 rings (SSSR count). The molecule has 2 aromatic heterocycles. The molecule has 0 bridgehead atoms. The summed E-state index contributed by atoms with van der Waals surface area (Å²) >= 11 is 1.53. The van der Waals surface area contributed by atoms with E-state index in [-0.39, 0.29) is 5.91 Å². The molecular weight excluding hydrogens is 344 g/mol. The van der Waals surface area contributed by atoms with Crippen molar-refractivity contribution in [3.63, 3.8) is 0 Å². The number of rotatable bonds is 4. The molecule has 1 amide bonds. The van der Waals surface area contributed by atoms with E-state index in [0.29, 0.717) is 5.92 Å². The predicted molar refractivity (Wildman–Crippen MR) is 106 cm³/mol. The van der Waals surface area contributed by atoms with Gasteiger partial charge in [-0.25, -0.2) is 4.68 Å². The summed E-state index contributed by atoms with van der Waals surface area (Å²) in [4.78, 5) is 19.0. The Balaban J connectivity index is 1.60. The summed E-state index contributed by atoms with van der Waals surface area (Å²) in [5.74, 6) is 0.685. The molecule has 3 heterocycles. The average Bonchev–Trinajstić information content (AvgIpc) is 3.32. The number of fused-ring (bicyclic) bond motifs is 1. The predicted octanol–water partition coefficient (Wildman–Crippen LogP) is 3.42. The lowest BCUT2D eigenvalue weighted by atomic mass is 10.1. The van der Waals surface area contributed by atoms with Crippen LogP contribution in [0.4, 0.5) is 0 Å². The minimum atomic E-state index is 0.111. The van der Waals surface area contributed by atoms with Crippen LogP contribution >= 0.6 is 11.3 Å². The molecule has 1 atom stereocenters. The highest BCUT2D eigenvalue weighted by Gasteiger charge is 2.25. The van der Waals surface area contributed by atoms with Gasteiger partial charge in [0.1, 0.15) is 4.83 Å². The van der Waals surface area contributed by atoms with Gasteiger partial charge in [-0.3, -0.25) is 4.79 Å². The normalized spacial score (nSPS) is 17.9. The summed E-state index contributed by atoms with van der Waals surface area (Å²) < 4.78 is 1.94. The number of likely N-dealkylation sites (tertiary alicyclic amines) is 1. The maximum Gasteiger partial charge on any atom is 0.263 e. The molecular formula is C20H24N4OS. The van der Waals surface area contributed by atoms with E-state index in [0.717, 1.165) is 46.1 Å². The van der Waals surface area contributed by atoms with Crippen molar-refractivity contribution in [1.29, 1.82) is 0 Å². The lowest BCUT2D eigenvalue weighted by Crippen LogP contribution is -2.32. The van der Waals surface area contributed by atoms with Crippen LogP contribution in [0, 0.1) is 12.8 Å². The summed E-state index contributed by atoms with van der Waals surface area (Å²) in [6, 6.07) is 12.1. The topological polar surface area (TPSA) is 41.4 Å². The van der Waals surface area contributed by atoms with E-state index >= 15 is 0 Å². The smallest absolute Gasteiger partial charge is 0.263 e. The van der Waals surface area contributed by atoms with E-state index in [9.17, 15) is 4.79 Å². The van der Waals surface area contributed by atoms with Gasteiger partial charge in [0.2, 0.25) is 0 Å². The first-order valence-corrected chi connectivity index (χ1v) is 9.83. The van der Waals surface area contributed by atoms with Crippen LogP contribution in [0.1, 0.15) is 21.8 Å². The van der Waals surface area contributed by atoms with Gasteiger partial charge in [0, 0.05) is 25.5 Å². The number of hydrogen-bond donors (Lipinski definition) is 0. The first-order chi connectivity index (χ1) is 12.5. The zero-order valence-electron chi connectivity index (χ0n) is 15.5. The standard InChI is InChI=1S/C20H24N4OS/c1-14-17-11-18(19(25)23(3)13-15-9-10-22(2)12-15)26-20(17)24(21-14)16-7-5-4-6-8-16/h4-8,11,15H,9-10,12-13H2,1-3H3. The van der Waals surface area contributed by atoms with Crippen molar-refractivity contribution in [2.24, 2.45) is 5.92 Å². The second-order valence-electron chi connectivity index (χ2n) is 7.26. The number of hydrogen-bond acceptors (Lipinski definition) is 4. The quantitative estimate of drug-likeness (QED) is 0.709. The van der Waals surface area contributed by atoms with Crippen LogP contribution in [-0.2, 0) is 0 Å². The zero-order valence-corrected chi connectivity index (χ0v) is 16.3. The van der Waals surface area contributed by atoms with Crippen molar-refractivity contribution < 1.29 is 4.79 Å². The van der Waals surface area contributed by atoms with Gasteiger partial charge in [0.05, 0.1) is 16.3 Å². The summed E-state index contributed by atoms with van der Waals surface area (Å²) in [7, 11) is 4.06. The van der Waals surface area contributed by atoms with E-state index in [4.69, 9.17) is 0 Å². The summed E-state index contributed by atoms with van der Waals surface area (Å²) in [6.45, 7) is 5.02. The maximum atomic E-state index is 12.9. The monoisotopic (exact) mass is 368 g/mol. The van der Waals surface area contributed by atoms with E-state index < -0.39 is 0 Å². The molecule has 1 aliphatic rings. The van der Waals surface area contributed by atoms with Gasteiger partial charge in [-0.2, -0.15) is 5.10 Å². The number of carbonyl (C=O) groups excluding carboxylic acids is 1. The van der Waals surface area contributed by atoms with Crippen LogP contribution in [0.2, 0.25) is 0 Å². The van der Waals surface area contributed by atoms with Gasteiger partial charge in [0.25, 0.3) is 5.91 Å². The third-order valence-electron chi connectivity index (χ3n) is 5.12. The first kappa shape index (κ1) is 17.2. The van der Waals surface area contributed by atoms with Gasteiger partial charge >= 0.3 is 0 Å². The van der Waals surface area contributed by atoms with E-state index in [1.165, 1.54) is 17.8 Å². The maximum absolute atomic E-state index is 12.9. The lowest BCUT2D eigenvalue weighted by molar-refractivity contribution is 0.0779. The van der Waals surface area contributed by atoms with Crippen LogP contribution in [0.3, 0.4) is 0 Å². The molecule has 26 heavy (non-hydrogen) atoms. The summed E-state index contributed by atoms with van der Waals surface area (Å²) in [6.07, 6.45) is 1.17. The molecule has 1 aromatic carbocycles. The number of thiophene rings is 1. The number of nitrogens with zero attached hydrogens (tertiary/aromatic N) is 4. The van der Waals surface area contributed by atoms with Crippen LogP contribution in [0.5, 0.6) is 0 Å². The number of aromatic nitrogens is 2. The Labute approximate surface area is 157 Å². The molecule has 1 unspecified atom stereocenters. The van der Waals surface area contributed by atoms with Gasteiger partial charge in [-0.1, -0.05) is 18.2 Å². The molecule has 0 aliphatic carbocycles. The molecule has 1 saturated heterocycles. The Hall–Kier alpha value is -2.18. The largest absolute Gasteiger partial charge is 0.341 e. The van der Waals surface area contributed by atoms with E-state index in [1.54, 1.807) is 0 Å². The Morgan fingerprint density at radius 3 is 2.81 bits per heavy atom. The highest BCUT2D eigenvalue weighted by molar-refractivity contribution is 7.20. The molecule has 136 valence electrons. The molecule has 0 radical (unpaired) electrons. The molecule has 6 heteroatoms. The van der Waals surface area contributed by atoms with Crippen LogP contribution in [0.15, 0.2) is 36.4 Å². The summed E-state index contributed by atoms with van der Waals surface area (Å²) in [5.41, 5.74) is 1.98. The Morgan fingerprint density at radius 1 is 1.35 bits per heavy atom. The van der Waals surface area contributed by atoms with Crippen molar-refractivity contribution in [1.82, 2.24) is 19.6 Å². The third kappa shape index (κ3) is 3.15. The highest BCUT2D eigenvalue weighted by atomic mass is 32.1. The van der Waals surface area contributed by atoms with E-state index in [1.807, 2.05) is 60.0 Å². The third-order valence-corrected chi connectivity index (χ3v) is 6.22. The first-order valence-electron chi connectivity index (χ1n) is 9.01. The molecule has 0 N–H and O–H groups in total.